The second-order valence-corrected chi connectivity index (χ2v) is 5.43. The molecule has 3 aromatic carbocycles. The molecular formula is C21H19NO3. The Hall–Kier alpha value is -3.27. The van der Waals surface area contributed by atoms with Gasteiger partial charge in [0.2, 0.25) is 0 Å². The van der Waals surface area contributed by atoms with Crippen molar-refractivity contribution in [3.05, 3.63) is 78.4 Å². The molecule has 0 radical (unpaired) electrons. The van der Waals surface area contributed by atoms with Crippen LogP contribution in [0.4, 0.5) is 5.69 Å². The van der Waals surface area contributed by atoms with E-state index in [0.717, 1.165) is 11.1 Å². The van der Waals surface area contributed by atoms with Crippen LogP contribution in [-0.2, 0) is 0 Å². The predicted octanol–water partition coefficient (Wildman–Crippen LogP) is 4.62. The third kappa shape index (κ3) is 3.63. The first kappa shape index (κ1) is 16.6. The van der Waals surface area contributed by atoms with Crippen molar-refractivity contribution < 1.29 is 14.3 Å². The number of benzene rings is 3. The Kier molecular flexibility index (Phi) is 5.00. The van der Waals surface area contributed by atoms with Crippen LogP contribution in [-0.4, -0.2) is 20.1 Å². The van der Waals surface area contributed by atoms with E-state index in [4.69, 9.17) is 9.47 Å². The summed E-state index contributed by atoms with van der Waals surface area (Å²) in [4.78, 5) is 12.9. The first-order chi connectivity index (χ1) is 12.2. The Balaban J connectivity index is 1.96. The fraction of sp³-hybridized carbons (Fsp3) is 0.0952. The first-order valence-electron chi connectivity index (χ1n) is 7.90. The van der Waals surface area contributed by atoms with Crippen LogP contribution in [0.1, 0.15) is 10.4 Å². The summed E-state index contributed by atoms with van der Waals surface area (Å²) in [7, 11) is 3.15. The smallest absolute Gasteiger partial charge is 0.256 e. The number of carbonyl (C=O) groups is 1. The lowest BCUT2D eigenvalue weighted by molar-refractivity contribution is 0.102. The highest BCUT2D eigenvalue weighted by atomic mass is 16.5. The molecule has 0 atom stereocenters. The Labute approximate surface area is 147 Å². The molecule has 0 unspecified atom stereocenters. The van der Waals surface area contributed by atoms with Crippen LogP contribution in [0, 0.1) is 0 Å². The molecule has 0 bridgehead atoms. The molecular weight excluding hydrogens is 314 g/mol. The number of methoxy groups -OCH3 is 2. The zero-order chi connectivity index (χ0) is 17.6. The fourth-order valence-corrected chi connectivity index (χ4v) is 2.65. The van der Waals surface area contributed by atoms with E-state index in [1.807, 2.05) is 54.6 Å². The minimum Gasteiger partial charge on any atom is -0.497 e. The van der Waals surface area contributed by atoms with Crippen LogP contribution in [0.15, 0.2) is 72.8 Å². The van der Waals surface area contributed by atoms with Crippen LogP contribution in [0.2, 0.25) is 0 Å². The molecule has 3 aromatic rings. The van der Waals surface area contributed by atoms with E-state index in [1.54, 1.807) is 32.4 Å². The van der Waals surface area contributed by atoms with Gasteiger partial charge in [0, 0.05) is 11.6 Å². The monoisotopic (exact) mass is 333 g/mol. The molecule has 0 spiro atoms. The number of amides is 1. The SMILES string of the molecule is COc1ccc(OC)c(NC(=O)c2ccccc2-c2ccccc2)c1. The minimum atomic E-state index is -0.203. The van der Waals surface area contributed by atoms with Gasteiger partial charge in [0.05, 0.1) is 19.9 Å². The number of anilines is 1. The van der Waals surface area contributed by atoms with Crippen molar-refractivity contribution in [2.45, 2.75) is 0 Å². The maximum atomic E-state index is 12.9. The highest BCUT2D eigenvalue weighted by Crippen LogP contribution is 2.30. The van der Waals surface area contributed by atoms with Crippen LogP contribution in [0.3, 0.4) is 0 Å². The van der Waals surface area contributed by atoms with Crippen molar-refractivity contribution in [1.29, 1.82) is 0 Å². The summed E-state index contributed by atoms with van der Waals surface area (Å²) >= 11 is 0. The average molecular weight is 333 g/mol. The summed E-state index contributed by atoms with van der Waals surface area (Å²) in [6.07, 6.45) is 0. The van der Waals surface area contributed by atoms with Gasteiger partial charge in [-0.15, -0.1) is 0 Å². The van der Waals surface area contributed by atoms with E-state index in [1.165, 1.54) is 0 Å². The van der Waals surface area contributed by atoms with Gasteiger partial charge in [-0.1, -0.05) is 48.5 Å². The number of nitrogens with one attached hydrogen (secondary N) is 1. The molecule has 0 aromatic heterocycles. The second-order valence-electron chi connectivity index (χ2n) is 5.43. The predicted molar refractivity (Wildman–Crippen MR) is 99.4 cm³/mol. The van der Waals surface area contributed by atoms with Crippen molar-refractivity contribution in [3.8, 4) is 22.6 Å². The van der Waals surface area contributed by atoms with Crippen molar-refractivity contribution in [3.63, 3.8) is 0 Å². The molecule has 4 heteroatoms. The van der Waals surface area contributed by atoms with E-state index >= 15 is 0 Å². The van der Waals surface area contributed by atoms with Gasteiger partial charge in [-0.05, 0) is 29.3 Å². The molecule has 0 aliphatic rings. The zero-order valence-electron chi connectivity index (χ0n) is 14.2. The van der Waals surface area contributed by atoms with Gasteiger partial charge in [0.1, 0.15) is 11.5 Å². The van der Waals surface area contributed by atoms with E-state index in [0.29, 0.717) is 22.7 Å². The largest absolute Gasteiger partial charge is 0.497 e. The maximum absolute atomic E-state index is 12.9. The van der Waals surface area contributed by atoms with E-state index < -0.39 is 0 Å². The molecule has 3 rings (SSSR count). The van der Waals surface area contributed by atoms with E-state index in [-0.39, 0.29) is 5.91 Å². The standard InChI is InChI=1S/C21H19NO3/c1-24-16-12-13-20(25-2)19(14-16)22-21(23)18-11-7-6-10-17(18)15-8-4-3-5-9-15/h3-14H,1-2H3,(H,22,23). The molecule has 0 aliphatic heterocycles. The first-order valence-corrected chi connectivity index (χ1v) is 7.90. The van der Waals surface area contributed by atoms with Crippen LogP contribution >= 0.6 is 0 Å². The zero-order valence-corrected chi connectivity index (χ0v) is 14.2. The Morgan fingerprint density at radius 3 is 2.28 bits per heavy atom. The molecule has 0 saturated carbocycles. The van der Waals surface area contributed by atoms with Gasteiger partial charge >= 0.3 is 0 Å². The van der Waals surface area contributed by atoms with Gasteiger partial charge < -0.3 is 14.8 Å². The molecule has 25 heavy (non-hydrogen) atoms. The Morgan fingerprint density at radius 1 is 0.840 bits per heavy atom. The summed E-state index contributed by atoms with van der Waals surface area (Å²) in [6.45, 7) is 0. The third-order valence-corrected chi connectivity index (χ3v) is 3.91. The van der Waals surface area contributed by atoms with Crippen LogP contribution in [0.25, 0.3) is 11.1 Å². The van der Waals surface area contributed by atoms with Gasteiger partial charge in [-0.25, -0.2) is 0 Å². The molecule has 126 valence electrons. The highest BCUT2D eigenvalue weighted by molar-refractivity contribution is 6.09. The number of hydrogen-bond acceptors (Lipinski definition) is 3. The summed E-state index contributed by atoms with van der Waals surface area (Å²) in [5, 5.41) is 2.92. The summed E-state index contributed by atoms with van der Waals surface area (Å²) in [5.41, 5.74) is 3.03. The van der Waals surface area contributed by atoms with Crippen molar-refractivity contribution in [1.82, 2.24) is 0 Å². The van der Waals surface area contributed by atoms with Crippen molar-refractivity contribution in [2.75, 3.05) is 19.5 Å². The minimum absolute atomic E-state index is 0.203. The summed E-state index contributed by atoms with van der Waals surface area (Å²) < 4.78 is 10.6. The van der Waals surface area contributed by atoms with Crippen LogP contribution in [0.5, 0.6) is 11.5 Å². The van der Waals surface area contributed by atoms with Crippen molar-refractivity contribution in [2.24, 2.45) is 0 Å². The van der Waals surface area contributed by atoms with E-state index in [2.05, 4.69) is 5.32 Å². The molecule has 1 amide bonds. The Morgan fingerprint density at radius 2 is 1.56 bits per heavy atom. The molecule has 4 nitrogen and oxygen atoms in total. The fourth-order valence-electron chi connectivity index (χ4n) is 2.65. The molecule has 0 heterocycles. The lowest BCUT2D eigenvalue weighted by Gasteiger charge is -2.14. The van der Waals surface area contributed by atoms with Gasteiger partial charge in [0.15, 0.2) is 0 Å². The summed E-state index contributed by atoms with van der Waals surface area (Å²) in [6, 6.07) is 22.6. The second kappa shape index (κ2) is 7.53. The van der Waals surface area contributed by atoms with Gasteiger partial charge in [0.25, 0.3) is 5.91 Å². The highest BCUT2D eigenvalue weighted by Gasteiger charge is 2.15. The Bertz CT molecular complexity index is 875. The van der Waals surface area contributed by atoms with Crippen molar-refractivity contribution >= 4 is 11.6 Å². The molecule has 1 N–H and O–H groups in total. The van der Waals surface area contributed by atoms with E-state index in [9.17, 15) is 4.79 Å². The van der Waals surface area contributed by atoms with Gasteiger partial charge in [-0.2, -0.15) is 0 Å². The molecule has 0 aliphatic carbocycles. The van der Waals surface area contributed by atoms with Crippen LogP contribution < -0.4 is 14.8 Å². The maximum Gasteiger partial charge on any atom is 0.256 e. The number of hydrogen-bond donors (Lipinski definition) is 1. The van der Waals surface area contributed by atoms with Gasteiger partial charge in [-0.3, -0.25) is 4.79 Å². The third-order valence-electron chi connectivity index (χ3n) is 3.91. The average Bonchev–Trinajstić information content (AvgIpc) is 2.68. The number of carbonyl (C=O) groups excluding carboxylic acids is 1. The number of rotatable bonds is 5. The summed E-state index contributed by atoms with van der Waals surface area (Å²) in [5.74, 6) is 1.02. The molecule has 0 saturated heterocycles. The molecule has 0 fully saturated rings. The lowest BCUT2D eigenvalue weighted by Crippen LogP contribution is -2.14. The number of ether oxygens (including phenoxy) is 2. The topological polar surface area (TPSA) is 47.6 Å². The lowest BCUT2D eigenvalue weighted by atomic mass is 9.99. The quantitative estimate of drug-likeness (QED) is 0.741. The normalized spacial score (nSPS) is 10.2.